The summed E-state index contributed by atoms with van der Waals surface area (Å²) >= 11 is 0. The summed E-state index contributed by atoms with van der Waals surface area (Å²) in [7, 11) is 6.11. The molecule has 0 aliphatic carbocycles. The van der Waals surface area contributed by atoms with E-state index < -0.39 is 0 Å². The van der Waals surface area contributed by atoms with Gasteiger partial charge in [0.15, 0.2) is 0 Å². The van der Waals surface area contributed by atoms with E-state index in [1.807, 2.05) is 54.2 Å². The van der Waals surface area contributed by atoms with Crippen LogP contribution in [0, 0.1) is 0 Å². The van der Waals surface area contributed by atoms with Gasteiger partial charge in [0.05, 0.1) is 6.04 Å². The van der Waals surface area contributed by atoms with E-state index in [1.54, 1.807) is 0 Å². The van der Waals surface area contributed by atoms with Crippen molar-refractivity contribution in [2.75, 3.05) is 45.7 Å². The Morgan fingerprint density at radius 3 is 2.50 bits per heavy atom. The first-order valence-electron chi connectivity index (χ1n) is 8.38. The van der Waals surface area contributed by atoms with E-state index in [4.69, 9.17) is 0 Å². The molecule has 1 saturated heterocycles. The number of hydrogen-bond donors (Lipinski definition) is 0. The van der Waals surface area contributed by atoms with Crippen LogP contribution in [0.3, 0.4) is 0 Å². The molecular weight excluding hydrogens is 298 g/mol. The molecule has 24 heavy (non-hydrogen) atoms. The van der Waals surface area contributed by atoms with E-state index in [9.17, 15) is 4.79 Å². The molecule has 1 heterocycles. The fourth-order valence-electron chi connectivity index (χ4n) is 3.19. The lowest BCUT2D eigenvalue weighted by molar-refractivity contribution is 0.0546. The molecule has 3 rings (SSSR count). The lowest BCUT2D eigenvalue weighted by atomic mass is 10.0. The van der Waals surface area contributed by atoms with Gasteiger partial charge in [-0.15, -0.1) is 0 Å². The molecule has 1 aliphatic rings. The van der Waals surface area contributed by atoms with Crippen molar-refractivity contribution in [2.45, 2.75) is 6.04 Å². The van der Waals surface area contributed by atoms with Gasteiger partial charge < -0.3 is 9.80 Å². The number of amides is 1. The molecule has 4 heteroatoms. The Bertz CT molecular complexity index is 699. The van der Waals surface area contributed by atoms with Crippen molar-refractivity contribution in [3.63, 3.8) is 0 Å². The van der Waals surface area contributed by atoms with E-state index in [0.717, 1.165) is 30.9 Å². The standard InChI is InChI=1S/C20H25N3O/c1-21(2)18-11-7-10-17(14-18)20(24)23-13-12-22(3)19(15-23)16-8-5-4-6-9-16/h4-11,14,19H,12-13,15H2,1-3H3. The fraction of sp³-hybridized carbons (Fsp3) is 0.350. The Balaban J connectivity index is 1.79. The molecule has 0 spiro atoms. The Kier molecular flexibility index (Phi) is 4.86. The molecule has 126 valence electrons. The number of likely N-dealkylation sites (N-methyl/N-ethyl adjacent to an activating group) is 1. The number of rotatable bonds is 3. The van der Waals surface area contributed by atoms with Gasteiger partial charge >= 0.3 is 0 Å². The van der Waals surface area contributed by atoms with Crippen LogP contribution in [0.15, 0.2) is 54.6 Å². The predicted octanol–water partition coefficient (Wildman–Crippen LogP) is 2.88. The third-order valence-electron chi connectivity index (χ3n) is 4.73. The average molecular weight is 323 g/mol. The highest BCUT2D eigenvalue weighted by atomic mass is 16.2. The molecule has 0 N–H and O–H groups in total. The molecular formula is C20H25N3O. The van der Waals surface area contributed by atoms with E-state index in [1.165, 1.54) is 5.56 Å². The van der Waals surface area contributed by atoms with Gasteiger partial charge in [0.25, 0.3) is 5.91 Å². The molecule has 2 aromatic carbocycles. The summed E-state index contributed by atoms with van der Waals surface area (Å²) in [5.41, 5.74) is 3.08. The summed E-state index contributed by atoms with van der Waals surface area (Å²) in [6, 6.07) is 18.5. The minimum Gasteiger partial charge on any atom is -0.378 e. The molecule has 1 amide bonds. The molecule has 0 saturated carbocycles. The van der Waals surface area contributed by atoms with Crippen molar-refractivity contribution in [2.24, 2.45) is 0 Å². The van der Waals surface area contributed by atoms with E-state index in [0.29, 0.717) is 0 Å². The quantitative estimate of drug-likeness (QED) is 0.869. The topological polar surface area (TPSA) is 26.8 Å². The summed E-state index contributed by atoms with van der Waals surface area (Å²) in [5, 5.41) is 0. The van der Waals surface area contributed by atoms with E-state index in [-0.39, 0.29) is 11.9 Å². The van der Waals surface area contributed by atoms with Crippen LogP contribution in [0.5, 0.6) is 0 Å². The largest absolute Gasteiger partial charge is 0.378 e. The summed E-state index contributed by atoms with van der Waals surface area (Å²) in [4.78, 5) is 19.3. The maximum absolute atomic E-state index is 12.9. The maximum Gasteiger partial charge on any atom is 0.254 e. The molecule has 1 atom stereocenters. The highest BCUT2D eigenvalue weighted by molar-refractivity contribution is 5.95. The van der Waals surface area contributed by atoms with Crippen LogP contribution in [0.25, 0.3) is 0 Å². The third-order valence-corrected chi connectivity index (χ3v) is 4.73. The van der Waals surface area contributed by atoms with Gasteiger partial charge in [-0.25, -0.2) is 0 Å². The first-order chi connectivity index (χ1) is 11.6. The minimum atomic E-state index is 0.118. The zero-order chi connectivity index (χ0) is 17.1. The van der Waals surface area contributed by atoms with Crippen molar-refractivity contribution in [1.82, 2.24) is 9.80 Å². The van der Waals surface area contributed by atoms with Crippen LogP contribution in [0.1, 0.15) is 22.0 Å². The van der Waals surface area contributed by atoms with Gasteiger partial charge in [0, 0.05) is 45.0 Å². The summed E-state index contributed by atoms with van der Waals surface area (Å²) in [6.07, 6.45) is 0. The van der Waals surface area contributed by atoms with Gasteiger partial charge in [0.1, 0.15) is 0 Å². The molecule has 1 fully saturated rings. The molecule has 0 radical (unpaired) electrons. The second kappa shape index (κ2) is 7.05. The maximum atomic E-state index is 12.9. The summed E-state index contributed by atoms with van der Waals surface area (Å²) in [5.74, 6) is 0.118. The van der Waals surface area contributed by atoms with E-state index in [2.05, 4.69) is 36.2 Å². The number of benzene rings is 2. The number of anilines is 1. The van der Waals surface area contributed by atoms with Gasteiger partial charge in [-0.05, 0) is 30.8 Å². The second-order valence-corrected chi connectivity index (χ2v) is 6.60. The normalized spacial score (nSPS) is 18.5. The highest BCUT2D eigenvalue weighted by Gasteiger charge is 2.28. The van der Waals surface area contributed by atoms with Gasteiger partial charge in [-0.3, -0.25) is 9.69 Å². The smallest absolute Gasteiger partial charge is 0.254 e. The fourth-order valence-corrected chi connectivity index (χ4v) is 3.19. The number of piperazine rings is 1. The second-order valence-electron chi connectivity index (χ2n) is 6.60. The Morgan fingerprint density at radius 1 is 1.04 bits per heavy atom. The van der Waals surface area contributed by atoms with Crippen LogP contribution in [-0.4, -0.2) is 56.5 Å². The lowest BCUT2D eigenvalue weighted by Crippen LogP contribution is -2.49. The van der Waals surface area contributed by atoms with Crippen molar-refractivity contribution in [3.05, 3.63) is 65.7 Å². The van der Waals surface area contributed by atoms with Crippen molar-refractivity contribution in [1.29, 1.82) is 0 Å². The molecule has 2 aromatic rings. The summed E-state index contributed by atoms with van der Waals surface area (Å²) < 4.78 is 0. The number of carbonyl (C=O) groups is 1. The van der Waals surface area contributed by atoms with Crippen molar-refractivity contribution >= 4 is 11.6 Å². The molecule has 1 unspecified atom stereocenters. The number of nitrogens with zero attached hydrogens (tertiary/aromatic N) is 3. The number of hydrogen-bond acceptors (Lipinski definition) is 3. The third kappa shape index (κ3) is 3.44. The highest BCUT2D eigenvalue weighted by Crippen LogP contribution is 2.25. The molecule has 0 aromatic heterocycles. The predicted molar refractivity (Wildman–Crippen MR) is 98.5 cm³/mol. The number of carbonyl (C=O) groups excluding carboxylic acids is 1. The van der Waals surface area contributed by atoms with E-state index >= 15 is 0 Å². The first kappa shape index (κ1) is 16.5. The summed E-state index contributed by atoms with van der Waals surface area (Å²) in [6.45, 7) is 2.38. The lowest BCUT2D eigenvalue weighted by Gasteiger charge is -2.39. The first-order valence-corrected chi connectivity index (χ1v) is 8.38. The van der Waals surface area contributed by atoms with Crippen LogP contribution in [0.2, 0.25) is 0 Å². The van der Waals surface area contributed by atoms with Crippen molar-refractivity contribution < 1.29 is 4.79 Å². The molecule has 4 nitrogen and oxygen atoms in total. The Labute approximate surface area is 144 Å². The zero-order valence-corrected chi connectivity index (χ0v) is 14.6. The van der Waals surface area contributed by atoms with Crippen molar-refractivity contribution in [3.8, 4) is 0 Å². The van der Waals surface area contributed by atoms with Gasteiger partial charge in [-0.2, -0.15) is 0 Å². The minimum absolute atomic E-state index is 0.118. The molecule has 0 bridgehead atoms. The van der Waals surface area contributed by atoms with Crippen LogP contribution in [0.4, 0.5) is 5.69 Å². The van der Waals surface area contributed by atoms with Gasteiger partial charge in [-0.1, -0.05) is 36.4 Å². The SMILES string of the molecule is CN(C)c1cccc(C(=O)N2CCN(C)C(c3ccccc3)C2)c1. The van der Waals surface area contributed by atoms with Crippen LogP contribution in [-0.2, 0) is 0 Å². The molecule has 1 aliphatic heterocycles. The zero-order valence-electron chi connectivity index (χ0n) is 14.6. The Hall–Kier alpha value is -2.33. The van der Waals surface area contributed by atoms with Gasteiger partial charge in [0.2, 0.25) is 0 Å². The average Bonchev–Trinajstić information content (AvgIpc) is 2.62. The Morgan fingerprint density at radius 2 is 1.79 bits per heavy atom. The van der Waals surface area contributed by atoms with Crippen LogP contribution < -0.4 is 4.90 Å². The monoisotopic (exact) mass is 323 g/mol. The van der Waals surface area contributed by atoms with Crippen LogP contribution >= 0.6 is 0 Å².